The number of rotatable bonds is 7. The average molecular weight is 567 g/mol. The van der Waals surface area contributed by atoms with E-state index in [2.05, 4.69) is 47.4 Å². The second kappa shape index (κ2) is 11.4. The fraction of sp³-hybridized carbons (Fsp3) is 0.250. The standard InChI is InChI=1S/C32H34N6O4/c1-19-11-12-25(20(2)13-19)38-29(17-28(37-38)32(3,4)5)36-31(39)35-21-9-8-10-22(14-21)42-30-23-15-26(40-6)27(41-7)16-24(23)33-18-34-30/h8-18H,1-7H3,(H2,35,36,39). The van der Waals surface area contributed by atoms with E-state index in [1.165, 1.54) is 6.33 Å². The molecule has 10 heteroatoms. The van der Waals surface area contributed by atoms with Crippen molar-refractivity contribution in [1.82, 2.24) is 19.7 Å². The van der Waals surface area contributed by atoms with E-state index in [1.54, 1.807) is 55.3 Å². The number of carbonyl (C=O) groups is 1. The number of ether oxygens (including phenoxy) is 3. The molecule has 0 radical (unpaired) electrons. The lowest BCUT2D eigenvalue weighted by molar-refractivity contribution is 0.262. The Balaban J connectivity index is 1.38. The van der Waals surface area contributed by atoms with E-state index >= 15 is 0 Å². The summed E-state index contributed by atoms with van der Waals surface area (Å²) in [5.41, 5.74) is 4.94. The van der Waals surface area contributed by atoms with E-state index in [4.69, 9.17) is 19.3 Å². The molecule has 0 spiro atoms. The van der Waals surface area contributed by atoms with E-state index in [0.29, 0.717) is 45.5 Å². The summed E-state index contributed by atoms with van der Waals surface area (Å²) >= 11 is 0. The Morgan fingerprint density at radius 2 is 1.64 bits per heavy atom. The van der Waals surface area contributed by atoms with Gasteiger partial charge < -0.3 is 19.5 Å². The van der Waals surface area contributed by atoms with Crippen molar-refractivity contribution < 1.29 is 19.0 Å². The van der Waals surface area contributed by atoms with Crippen LogP contribution in [0.25, 0.3) is 16.6 Å². The molecule has 2 amide bonds. The lowest BCUT2D eigenvalue weighted by atomic mass is 9.92. The molecule has 3 aromatic carbocycles. The summed E-state index contributed by atoms with van der Waals surface area (Å²) in [6.45, 7) is 10.3. The second-order valence-corrected chi connectivity index (χ2v) is 11.0. The summed E-state index contributed by atoms with van der Waals surface area (Å²) < 4.78 is 18.7. The minimum Gasteiger partial charge on any atom is -0.493 e. The first kappa shape index (κ1) is 28.4. The van der Waals surface area contributed by atoms with Gasteiger partial charge in [-0.25, -0.2) is 19.4 Å². The van der Waals surface area contributed by atoms with Crippen LogP contribution in [0.15, 0.2) is 67.0 Å². The Kier molecular flexibility index (Phi) is 7.71. The zero-order valence-corrected chi connectivity index (χ0v) is 24.8. The highest BCUT2D eigenvalue weighted by molar-refractivity contribution is 5.99. The molecule has 5 aromatic rings. The van der Waals surface area contributed by atoms with Crippen molar-refractivity contribution in [3.8, 4) is 28.8 Å². The third kappa shape index (κ3) is 5.97. The molecule has 5 rings (SSSR count). The fourth-order valence-electron chi connectivity index (χ4n) is 4.53. The van der Waals surface area contributed by atoms with Crippen molar-refractivity contribution in [3.63, 3.8) is 0 Å². The molecule has 216 valence electrons. The SMILES string of the molecule is COc1cc2ncnc(Oc3cccc(NC(=O)Nc4cc(C(C)(C)C)nn4-c4ccc(C)cc4C)c3)c2cc1OC. The average Bonchev–Trinajstić information content (AvgIpc) is 3.36. The van der Waals surface area contributed by atoms with Gasteiger partial charge in [0.1, 0.15) is 17.9 Å². The van der Waals surface area contributed by atoms with Crippen LogP contribution in [0, 0.1) is 13.8 Å². The smallest absolute Gasteiger partial charge is 0.324 e. The molecule has 0 unspecified atom stereocenters. The molecule has 10 nitrogen and oxygen atoms in total. The van der Waals surface area contributed by atoms with Crippen LogP contribution in [0.4, 0.5) is 16.3 Å². The van der Waals surface area contributed by atoms with Crippen molar-refractivity contribution in [3.05, 3.63) is 83.8 Å². The topological polar surface area (TPSA) is 112 Å². The third-order valence-electron chi connectivity index (χ3n) is 6.71. The molecule has 2 aromatic heterocycles. The van der Waals surface area contributed by atoms with E-state index < -0.39 is 6.03 Å². The predicted octanol–water partition coefficient (Wildman–Crippen LogP) is 7.18. The molecular weight excluding hydrogens is 532 g/mol. The van der Waals surface area contributed by atoms with Gasteiger partial charge in [0.2, 0.25) is 5.88 Å². The fourth-order valence-corrected chi connectivity index (χ4v) is 4.53. The number of urea groups is 1. The zero-order valence-electron chi connectivity index (χ0n) is 24.8. The van der Waals surface area contributed by atoms with E-state index in [0.717, 1.165) is 22.5 Å². The van der Waals surface area contributed by atoms with E-state index in [-0.39, 0.29) is 5.41 Å². The van der Waals surface area contributed by atoms with Gasteiger partial charge in [0.05, 0.1) is 36.5 Å². The highest BCUT2D eigenvalue weighted by atomic mass is 16.5. The first-order valence-corrected chi connectivity index (χ1v) is 13.5. The van der Waals surface area contributed by atoms with E-state index in [9.17, 15) is 4.79 Å². The summed E-state index contributed by atoms with van der Waals surface area (Å²) in [5.74, 6) is 2.48. The maximum Gasteiger partial charge on any atom is 0.324 e. The second-order valence-electron chi connectivity index (χ2n) is 11.0. The van der Waals surface area contributed by atoms with Crippen LogP contribution in [0.1, 0.15) is 37.6 Å². The molecule has 2 heterocycles. The number of hydrogen-bond acceptors (Lipinski definition) is 7. The molecule has 0 bridgehead atoms. The number of amides is 2. The van der Waals surface area contributed by atoms with Gasteiger partial charge in [0, 0.05) is 29.3 Å². The van der Waals surface area contributed by atoms with Crippen LogP contribution < -0.4 is 24.8 Å². The molecule has 2 N–H and O–H groups in total. The van der Waals surface area contributed by atoms with Crippen LogP contribution in [0.2, 0.25) is 0 Å². The highest BCUT2D eigenvalue weighted by Crippen LogP contribution is 2.36. The summed E-state index contributed by atoms with van der Waals surface area (Å²) in [7, 11) is 3.13. The van der Waals surface area contributed by atoms with Crippen LogP contribution in [0.5, 0.6) is 23.1 Å². The lowest BCUT2D eigenvalue weighted by Crippen LogP contribution is -2.21. The van der Waals surface area contributed by atoms with Crippen molar-refractivity contribution in [2.45, 2.75) is 40.0 Å². The Morgan fingerprint density at radius 1 is 0.881 bits per heavy atom. The summed E-state index contributed by atoms with van der Waals surface area (Å²) in [5, 5.41) is 11.4. The van der Waals surface area contributed by atoms with Crippen LogP contribution in [-0.4, -0.2) is 40.0 Å². The quantitative estimate of drug-likeness (QED) is 0.214. The van der Waals surface area contributed by atoms with Crippen molar-refractivity contribution in [1.29, 1.82) is 0 Å². The van der Waals surface area contributed by atoms with Gasteiger partial charge in [0.15, 0.2) is 11.5 Å². The van der Waals surface area contributed by atoms with Crippen LogP contribution in [-0.2, 0) is 5.41 Å². The molecule has 42 heavy (non-hydrogen) atoms. The maximum atomic E-state index is 13.2. The number of aromatic nitrogens is 4. The number of nitrogens with zero attached hydrogens (tertiary/aromatic N) is 4. The maximum absolute atomic E-state index is 13.2. The minimum atomic E-state index is -0.414. The van der Waals surface area contributed by atoms with Crippen LogP contribution in [0.3, 0.4) is 0 Å². The molecule has 0 aliphatic heterocycles. The largest absolute Gasteiger partial charge is 0.493 e. The number of nitrogens with one attached hydrogen (secondary N) is 2. The molecular formula is C32H34N6O4. The molecule has 0 atom stereocenters. The number of hydrogen-bond donors (Lipinski definition) is 2. The number of fused-ring (bicyclic) bond motifs is 1. The molecule has 0 aliphatic carbocycles. The number of anilines is 2. The van der Waals surface area contributed by atoms with Gasteiger partial charge in [-0.15, -0.1) is 0 Å². The van der Waals surface area contributed by atoms with Gasteiger partial charge in [-0.05, 0) is 43.7 Å². The number of aryl methyl sites for hydroxylation is 2. The Morgan fingerprint density at radius 3 is 2.36 bits per heavy atom. The summed E-state index contributed by atoms with van der Waals surface area (Å²) in [6.07, 6.45) is 1.42. The molecule has 0 saturated heterocycles. The van der Waals surface area contributed by atoms with Gasteiger partial charge in [-0.3, -0.25) is 5.32 Å². The normalized spacial score (nSPS) is 11.3. The van der Waals surface area contributed by atoms with Gasteiger partial charge in [-0.2, -0.15) is 5.10 Å². The monoisotopic (exact) mass is 566 g/mol. The van der Waals surface area contributed by atoms with Crippen molar-refractivity contribution in [2.75, 3.05) is 24.9 Å². The van der Waals surface area contributed by atoms with Gasteiger partial charge in [0.25, 0.3) is 0 Å². The van der Waals surface area contributed by atoms with Crippen molar-refractivity contribution in [2.24, 2.45) is 0 Å². The highest BCUT2D eigenvalue weighted by Gasteiger charge is 2.22. The van der Waals surface area contributed by atoms with Crippen LogP contribution >= 0.6 is 0 Å². The first-order chi connectivity index (χ1) is 20.0. The zero-order chi connectivity index (χ0) is 30.0. The van der Waals surface area contributed by atoms with Gasteiger partial charge >= 0.3 is 6.03 Å². The predicted molar refractivity (Wildman–Crippen MR) is 164 cm³/mol. The molecule has 0 saturated carbocycles. The third-order valence-corrected chi connectivity index (χ3v) is 6.71. The lowest BCUT2D eigenvalue weighted by Gasteiger charge is -2.14. The Labute approximate surface area is 244 Å². The van der Waals surface area contributed by atoms with Gasteiger partial charge in [-0.1, -0.05) is 44.5 Å². The number of benzene rings is 3. The number of carbonyl (C=O) groups excluding carboxylic acids is 1. The Hall–Kier alpha value is -5.12. The number of methoxy groups -OCH3 is 2. The molecule has 0 fully saturated rings. The van der Waals surface area contributed by atoms with Crippen molar-refractivity contribution >= 4 is 28.4 Å². The minimum absolute atomic E-state index is 0.206. The first-order valence-electron chi connectivity index (χ1n) is 13.5. The summed E-state index contributed by atoms with van der Waals surface area (Å²) in [6, 6.07) is 18.2. The Bertz CT molecular complexity index is 1770. The molecule has 0 aliphatic rings. The van der Waals surface area contributed by atoms with E-state index in [1.807, 2.05) is 32.0 Å². The summed E-state index contributed by atoms with van der Waals surface area (Å²) in [4.78, 5) is 21.8.